The SMILES string of the molecule is CC(Oc1ccc(Br)cc1)C(=O)NCc1ccc(S(N)(=O)=O)s1. The van der Waals surface area contributed by atoms with E-state index >= 15 is 0 Å². The lowest BCUT2D eigenvalue weighted by atomic mass is 10.3. The van der Waals surface area contributed by atoms with Crippen molar-refractivity contribution in [2.24, 2.45) is 5.14 Å². The second-order valence-electron chi connectivity index (χ2n) is 4.70. The molecule has 0 fully saturated rings. The van der Waals surface area contributed by atoms with Gasteiger partial charge in [-0.3, -0.25) is 4.79 Å². The quantitative estimate of drug-likeness (QED) is 0.750. The van der Waals surface area contributed by atoms with Crippen LogP contribution in [0.4, 0.5) is 0 Å². The molecule has 0 aliphatic rings. The van der Waals surface area contributed by atoms with Gasteiger partial charge in [0.2, 0.25) is 10.0 Å². The fraction of sp³-hybridized carbons (Fsp3) is 0.214. The number of nitrogens with one attached hydrogen (secondary N) is 1. The summed E-state index contributed by atoms with van der Waals surface area (Å²) in [5.41, 5.74) is 0. The molecule has 0 radical (unpaired) electrons. The third kappa shape index (κ3) is 5.31. The van der Waals surface area contributed by atoms with Crippen LogP contribution in [0.2, 0.25) is 0 Å². The molecule has 1 amide bonds. The number of ether oxygens (including phenoxy) is 1. The van der Waals surface area contributed by atoms with E-state index in [0.29, 0.717) is 10.6 Å². The Bertz CT molecular complexity index is 787. The Kier molecular flexibility index (Phi) is 5.79. The molecule has 0 aliphatic heterocycles. The highest BCUT2D eigenvalue weighted by molar-refractivity contribution is 9.10. The van der Waals surface area contributed by atoms with Gasteiger partial charge in [-0.05, 0) is 43.3 Å². The number of hydrogen-bond acceptors (Lipinski definition) is 5. The monoisotopic (exact) mass is 418 g/mol. The highest BCUT2D eigenvalue weighted by Gasteiger charge is 2.16. The summed E-state index contributed by atoms with van der Waals surface area (Å²) < 4.78 is 28.9. The maximum atomic E-state index is 12.0. The van der Waals surface area contributed by atoms with Crippen LogP contribution >= 0.6 is 27.3 Å². The Hall–Kier alpha value is -1.42. The van der Waals surface area contributed by atoms with E-state index in [1.165, 1.54) is 6.07 Å². The minimum Gasteiger partial charge on any atom is -0.481 e. The van der Waals surface area contributed by atoms with E-state index in [1.54, 1.807) is 25.1 Å². The number of primary sulfonamides is 1. The van der Waals surface area contributed by atoms with Crippen molar-refractivity contribution in [3.63, 3.8) is 0 Å². The van der Waals surface area contributed by atoms with Crippen molar-refractivity contribution in [2.45, 2.75) is 23.8 Å². The maximum absolute atomic E-state index is 12.0. The summed E-state index contributed by atoms with van der Waals surface area (Å²) in [7, 11) is -3.70. The lowest BCUT2D eigenvalue weighted by Gasteiger charge is -2.14. The van der Waals surface area contributed by atoms with Gasteiger partial charge >= 0.3 is 0 Å². The van der Waals surface area contributed by atoms with E-state index in [2.05, 4.69) is 21.2 Å². The second-order valence-corrected chi connectivity index (χ2v) is 8.57. The summed E-state index contributed by atoms with van der Waals surface area (Å²) in [6.07, 6.45) is -0.672. The normalized spacial score (nSPS) is 12.7. The number of halogens is 1. The van der Waals surface area contributed by atoms with Crippen LogP contribution in [-0.4, -0.2) is 20.4 Å². The number of thiophene rings is 1. The maximum Gasteiger partial charge on any atom is 0.261 e. The fourth-order valence-corrected chi connectivity index (χ4v) is 3.68. The Morgan fingerprint density at radius 2 is 1.96 bits per heavy atom. The first-order valence-corrected chi connectivity index (χ1v) is 9.73. The molecule has 1 unspecified atom stereocenters. The van der Waals surface area contributed by atoms with E-state index < -0.39 is 16.1 Å². The molecule has 124 valence electrons. The molecule has 1 aromatic carbocycles. The van der Waals surface area contributed by atoms with Gasteiger partial charge in [-0.15, -0.1) is 11.3 Å². The second kappa shape index (κ2) is 7.43. The zero-order valence-electron chi connectivity index (χ0n) is 12.2. The van der Waals surface area contributed by atoms with E-state index in [1.807, 2.05) is 12.1 Å². The predicted octanol–water partition coefficient (Wildman–Crippen LogP) is 2.24. The van der Waals surface area contributed by atoms with Crippen LogP contribution in [0.5, 0.6) is 5.75 Å². The largest absolute Gasteiger partial charge is 0.481 e. The number of nitrogens with two attached hydrogens (primary N) is 1. The topological polar surface area (TPSA) is 98.5 Å². The van der Waals surface area contributed by atoms with Crippen LogP contribution in [-0.2, 0) is 21.4 Å². The summed E-state index contributed by atoms with van der Waals surface area (Å²) in [4.78, 5) is 12.7. The smallest absolute Gasteiger partial charge is 0.261 e. The van der Waals surface area contributed by atoms with E-state index in [4.69, 9.17) is 9.88 Å². The molecule has 0 aliphatic carbocycles. The van der Waals surface area contributed by atoms with Gasteiger partial charge in [0.1, 0.15) is 9.96 Å². The van der Waals surface area contributed by atoms with Crippen LogP contribution in [0.1, 0.15) is 11.8 Å². The Morgan fingerprint density at radius 3 is 2.52 bits per heavy atom. The molecule has 0 saturated heterocycles. The van der Waals surface area contributed by atoms with Crippen molar-refractivity contribution in [3.8, 4) is 5.75 Å². The van der Waals surface area contributed by atoms with E-state index in [9.17, 15) is 13.2 Å². The average Bonchev–Trinajstić information content (AvgIpc) is 2.96. The third-order valence-corrected chi connectivity index (χ3v) is 5.90. The van der Waals surface area contributed by atoms with Crippen molar-refractivity contribution in [3.05, 3.63) is 45.7 Å². The van der Waals surface area contributed by atoms with Crippen LogP contribution in [0.3, 0.4) is 0 Å². The summed E-state index contributed by atoms with van der Waals surface area (Å²) in [6.45, 7) is 1.86. The Balaban J connectivity index is 1.89. The molecular formula is C14H15BrN2O4S2. The molecule has 1 atom stereocenters. The molecule has 1 aromatic heterocycles. The molecule has 0 spiro atoms. The summed E-state index contributed by atoms with van der Waals surface area (Å²) in [5, 5.41) is 7.74. The van der Waals surface area contributed by atoms with Crippen molar-refractivity contribution < 1.29 is 17.9 Å². The third-order valence-electron chi connectivity index (χ3n) is 2.85. The van der Waals surface area contributed by atoms with Crippen LogP contribution < -0.4 is 15.2 Å². The lowest BCUT2D eigenvalue weighted by Crippen LogP contribution is -2.35. The lowest BCUT2D eigenvalue weighted by molar-refractivity contribution is -0.127. The van der Waals surface area contributed by atoms with Crippen LogP contribution in [0.25, 0.3) is 0 Å². The molecule has 2 rings (SSSR count). The highest BCUT2D eigenvalue weighted by Crippen LogP contribution is 2.20. The number of hydrogen-bond donors (Lipinski definition) is 2. The van der Waals surface area contributed by atoms with Gasteiger partial charge in [0.15, 0.2) is 6.10 Å². The Morgan fingerprint density at radius 1 is 1.30 bits per heavy atom. The number of carbonyl (C=O) groups excluding carboxylic acids is 1. The summed E-state index contributed by atoms with van der Waals surface area (Å²) in [6, 6.07) is 10.2. The van der Waals surface area contributed by atoms with Crippen molar-refractivity contribution in [2.75, 3.05) is 0 Å². The standard InChI is InChI=1S/C14H15BrN2O4S2/c1-9(21-11-4-2-10(15)3-5-11)14(18)17-8-12-6-7-13(22-12)23(16,19)20/h2-7,9H,8H2,1H3,(H,17,18)(H2,16,19,20). The number of sulfonamides is 1. The zero-order chi connectivity index (χ0) is 17.0. The number of rotatable bonds is 6. The molecule has 0 bridgehead atoms. The van der Waals surface area contributed by atoms with Gasteiger partial charge in [-0.2, -0.15) is 0 Å². The number of benzene rings is 1. The van der Waals surface area contributed by atoms with Gasteiger partial charge < -0.3 is 10.1 Å². The first-order valence-electron chi connectivity index (χ1n) is 6.57. The summed E-state index contributed by atoms with van der Waals surface area (Å²) in [5.74, 6) is 0.293. The van der Waals surface area contributed by atoms with E-state index in [0.717, 1.165) is 15.8 Å². The zero-order valence-corrected chi connectivity index (χ0v) is 15.4. The predicted molar refractivity (Wildman–Crippen MR) is 91.8 cm³/mol. The minimum absolute atomic E-state index is 0.0703. The highest BCUT2D eigenvalue weighted by atomic mass is 79.9. The van der Waals surface area contributed by atoms with Crippen molar-refractivity contribution in [1.82, 2.24) is 5.32 Å². The molecule has 0 saturated carbocycles. The van der Waals surface area contributed by atoms with Gasteiger partial charge in [0, 0.05) is 9.35 Å². The van der Waals surface area contributed by atoms with Gasteiger partial charge in [0.25, 0.3) is 5.91 Å². The fourth-order valence-electron chi connectivity index (χ4n) is 1.69. The first-order chi connectivity index (χ1) is 10.8. The van der Waals surface area contributed by atoms with Crippen molar-refractivity contribution >= 4 is 43.2 Å². The molecule has 1 heterocycles. The van der Waals surface area contributed by atoms with Gasteiger partial charge in [0.05, 0.1) is 6.54 Å². The molecular weight excluding hydrogens is 404 g/mol. The average molecular weight is 419 g/mol. The minimum atomic E-state index is -3.70. The van der Waals surface area contributed by atoms with Gasteiger partial charge in [-0.25, -0.2) is 13.6 Å². The number of amides is 1. The first kappa shape index (κ1) is 17.9. The van der Waals surface area contributed by atoms with Crippen LogP contribution in [0.15, 0.2) is 45.1 Å². The molecule has 6 nitrogen and oxygen atoms in total. The Labute approximate surface area is 146 Å². The molecule has 2 aromatic rings. The molecule has 23 heavy (non-hydrogen) atoms. The molecule has 9 heteroatoms. The number of carbonyl (C=O) groups is 1. The molecule has 3 N–H and O–H groups in total. The van der Waals surface area contributed by atoms with Crippen LogP contribution in [0, 0.1) is 0 Å². The van der Waals surface area contributed by atoms with Crippen molar-refractivity contribution in [1.29, 1.82) is 0 Å². The van der Waals surface area contributed by atoms with Gasteiger partial charge in [-0.1, -0.05) is 15.9 Å². The van der Waals surface area contributed by atoms with E-state index in [-0.39, 0.29) is 16.7 Å². The summed E-state index contributed by atoms with van der Waals surface area (Å²) >= 11 is 4.35.